The van der Waals surface area contributed by atoms with Crippen LogP contribution in [0.15, 0.2) is 24.3 Å². The third-order valence-corrected chi connectivity index (χ3v) is 6.87. The molecule has 2 aromatic rings. The van der Waals surface area contributed by atoms with Gasteiger partial charge >= 0.3 is 11.8 Å². The van der Waals surface area contributed by atoms with E-state index in [1.54, 1.807) is 24.3 Å². The molecule has 162 valence electrons. The molecule has 3 rings (SSSR count). The molecule has 2 heterocycles. The Balaban J connectivity index is 1.79. The van der Waals surface area contributed by atoms with Crippen LogP contribution in [0.2, 0.25) is 5.02 Å². The fourth-order valence-corrected chi connectivity index (χ4v) is 4.98. The summed E-state index contributed by atoms with van der Waals surface area (Å²) in [5.41, 5.74) is 1.36. The third-order valence-electron chi connectivity index (χ3n) is 5.32. The zero-order chi connectivity index (χ0) is 21.7. The lowest BCUT2D eigenvalue weighted by Crippen LogP contribution is -2.49. The minimum Gasteiger partial charge on any atom is -0.396 e. The lowest BCUT2D eigenvalue weighted by Gasteiger charge is -2.37. The lowest BCUT2D eigenvalue weighted by atomic mass is 9.96. The second-order valence-corrected chi connectivity index (χ2v) is 9.04. The SMILES string of the molecule is Cc1nc(C(NC(=O)C(=O)Nc2ccc(Cl)cc2)C2CCCCN2C)sc1CCO. The molecule has 2 amide bonds. The second kappa shape index (κ2) is 10.3. The topological polar surface area (TPSA) is 94.6 Å². The Morgan fingerprint density at radius 3 is 2.70 bits per heavy atom. The number of aliphatic hydroxyl groups is 1. The van der Waals surface area contributed by atoms with E-state index < -0.39 is 17.9 Å². The molecular formula is C21H27ClN4O3S. The zero-order valence-electron chi connectivity index (χ0n) is 17.2. The van der Waals surface area contributed by atoms with E-state index in [1.807, 2.05) is 14.0 Å². The molecule has 2 unspecified atom stereocenters. The third kappa shape index (κ3) is 5.57. The molecular weight excluding hydrogens is 424 g/mol. The number of hydrogen-bond donors (Lipinski definition) is 3. The Bertz CT molecular complexity index is 887. The van der Waals surface area contributed by atoms with Crippen molar-refractivity contribution in [2.75, 3.05) is 25.5 Å². The average Bonchev–Trinajstić information content (AvgIpc) is 3.09. The van der Waals surface area contributed by atoms with E-state index in [1.165, 1.54) is 11.3 Å². The van der Waals surface area contributed by atoms with Gasteiger partial charge in [0.1, 0.15) is 5.01 Å². The summed E-state index contributed by atoms with van der Waals surface area (Å²) in [7, 11) is 2.03. The van der Waals surface area contributed by atoms with Gasteiger partial charge in [-0.2, -0.15) is 0 Å². The van der Waals surface area contributed by atoms with Crippen LogP contribution in [0.5, 0.6) is 0 Å². The first-order valence-corrected chi connectivity index (χ1v) is 11.2. The first-order valence-electron chi connectivity index (χ1n) is 10.0. The number of aromatic nitrogens is 1. The minimum absolute atomic E-state index is 0.0479. The predicted molar refractivity (Wildman–Crippen MR) is 119 cm³/mol. The average molecular weight is 451 g/mol. The number of piperidine rings is 1. The molecule has 0 spiro atoms. The van der Waals surface area contributed by atoms with Gasteiger partial charge in [-0.15, -0.1) is 11.3 Å². The summed E-state index contributed by atoms with van der Waals surface area (Å²) < 4.78 is 0. The number of hydrogen-bond acceptors (Lipinski definition) is 6. The molecule has 1 aliphatic rings. The Labute approximate surface area is 185 Å². The second-order valence-electron chi connectivity index (χ2n) is 7.49. The molecule has 0 bridgehead atoms. The number of nitrogens with zero attached hydrogens (tertiary/aromatic N) is 2. The number of nitrogens with one attached hydrogen (secondary N) is 2. The number of thiazole rings is 1. The highest BCUT2D eigenvalue weighted by molar-refractivity contribution is 7.11. The van der Waals surface area contributed by atoms with Gasteiger partial charge in [-0.05, 0) is 57.6 Å². The molecule has 1 aromatic heterocycles. The summed E-state index contributed by atoms with van der Waals surface area (Å²) >= 11 is 7.35. The van der Waals surface area contributed by atoms with Crippen LogP contribution in [0.4, 0.5) is 5.69 Å². The predicted octanol–water partition coefficient (Wildman–Crippen LogP) is 2.92. The number of rotatable bonds is 6. The molecule has 0 saturated carbocycles. The Morgan fingerprint density at radius 1 is 1.30 bits per heavy atom. The maximum absolute atomic E-state index is 12.7. The molecule has 1 saturated heterocycles. The molecule has 0 radical (unpaired) electrons. The van der Waals surface area contributed by atoms with Crippen LogP contribution in [0.3, 0.4) is 0 Å². The summed E-state index contributed by atoms with van der Waals surface area (Å²) in [6.07, 6.45) is 3.61. The quantitative estimate of drug-likeness (QED) is 0.588. The Kier molecular flexibility index (Phi) is 7.82. The highest BCUT2D eigenvalue weighted by atomic mass is 35.5. The highest BCUT2D eigenvalue weighted by Crippen LogP contribution is 2.32. The fraction of sp³-hybridized carbons (Fsp3) is 0.476. The number of likely N-dealkylation sites (N-methyl/N-ethyl adjacent to an activating group) is 1. The number of halogens is 1. The lowest BCUT2D eigenvalue weighted by molar-refractivity contribution is -0.137. The Hall–Kier alpha value is -2.00. The van der Waals surface area contributed by atoms with Gasteiger partial charge < -0.3 is 20.6 Å². The number of carbonyl (C=O) groups is 2. The van der Waals surface area contributed by atoms with E-state index in [0.29, 0.717) is 17.1 Å². The number of aryl methyl sites for hydroxylation is 1. The number of benzene rings is 1. The zero-order valence-corrected chi connectivity index (χ0v) is 18.7. The first-order chi connectivity index (χ1) is 14.4. The molecule has 1 aromatic carbocycles. The van der Waals surface area contributed by atoms with Crippen LogP contribution >= 0.6 is 22.9 Å². The normalized spacial score (nSPS) is 18.1. The van der Waals surface area contributed by atoms with Crippen molar-refractivity contribution in [2.45, 2.75) is 44.7 Å². The minimum atomic E-state index is -0.732. The molecule has 2 atom stereocenters. The van der Waals surface area contributed by atoms with Crippen LogP contribution in [0.25, 0.3) is 0 Å². The maximum atomic E-state index is 12.7. The monoisotopic (exact) mass is 450 g/mol. The smallest absolute Gasteiger partial charge is 0.313 e. The van der Waals surface area contributed by atoms with Gasteiger partial charge in [-0.1, -0.05) is 18.0 Å². The highest BCUT2D eigenvalue weighted by Gasteiger charge is 2.34. The molecule has 0 aliphatic carbocycles. The summed E-state index contributed by atoms with van der Waals surface area (Å²) in [6.45, 7) is 2.88. The van der Waals surface area contributed by atoms with Crippen molar-refractivity contribution in [3.05, 3.63) is 44.9 Å². The maximum Gasteiger partial charge on any atom is 0.313 e. The van der Waals surface area contributed by atoms with Gasteiger partial charge in [0.15, 0.2) is 0 Å². The molecule has 30 heavy (non-hydrogen) atoms. The summed E-state index contributed by atoms with van der Waals surface area (Å²) in [4.78, 5) is 33.1. The molecule has 1 aliphatic heterocycles. The number of carbonyl (C=O) groups excluding carboxylic acids is 2. The van der Waals surface area contributed by atoms with Gasteiger partial charge in [0.2, 0.25) is 0 Å². The van der Waals surface area contributed by atoms with E-state index in [9.17, 15) is 14.7 Å². The van der Waals surface area contributed by atoms with Crippen LogP contribution < -0.4 is 10.6 Å². The van der Waals surface area contributed by atoms with E-state index in [4.69, 9.17) is 11.6 Å². The van der Waals surface area contributed by atoms with Crippen LogP contribution in [0.1, 0.15) is 40.9 Å². The van der Waals surface area contributed by atoms with Crippen molar-refractivity contribution in [3.63, 3.8) is 0 Å². The number of aliphatic hydroxyl groups excluding tert-OH is 1. The molecule has 3 N–H and O–H groups in total. The van der Waals surface area contributed by atoms with Gasteiger partial charge in [0.25, 0.3) is 0 Å². The van der Waals surface area contributed by atoms with Gasteiger partial charge in [-0.3, -0.25) is 9.59 Å². The van der Waals surface area contributed by atoms with Crippen molar-refractivity contribution in [1.29, 1.82) is 0 Å². The first kappa shape index (κ1) is 22.7. The molecule has 7 nitrogen and oxygen atoms in total. The Morgan fingerprint density at radius 2 is 2.03 bits per heavy atom. The van der Waals surface area contributed by atoms with Gasteiger partial charge in [0, 0.05) is 34.7 Å². The molecule has 9 heteroatoms. The summed E-state index contributed by atoms with van der Waals surface area (Å²) in [5, 5.41) is 16.1. The summed E-state index contributed by atoms with van der Waals surface area (Å²) in [5.74, 6) is -1.44. The summed E-state index contributed by atoms with van der Waals surface area (Å²) in [6, 6.07) is 6.25. The van der Waals surface area contributed by atoms with Crippen molar-refractivity contribution in [2.24, 2.45) is 0 Å². The fourth-order valence-electron chi connectivity index (χ4n) is 3.69. The number of likely N-dealkylation sites (tertiary alicyclic amines) is 1. The van der Waals surface area contributed by atoms with Crippen molar-refractivity contribution < 1.29 is 14.7 Å². The van der Waals surface area contributed by atoms with Crippen molar-refractivity contribution in [3.8, 4) is 0 Å². The van der Waals surface area contributed by atoms with Crippen LogP contribution in [0, 0.1) is 6.92 Å². The largest absolute Gasteiger partial charge is 0.396 e. The van der Waals surface area contributed by atoms with Crippen LogP contribution in [-0.4, -0.2) is 53.0 Å². The van der Waals surface area contributed by atoms with Crippen molar-refractivity contribution >= 4 is 40.4 Å². The van der Waals surface area contributed by atoms with Gasteiger partial charge in [-0.25, -0.2) is 4.98 Å². The number of amides is 2. The van der Waals surface area contributed by atoms with Crippen LogP contribution in [-0.2, 0) is 16.0 Å². The molecule has 1 fully saturated rings. The van der Waals surface area contributed by atoms with E-state index in [0.717, 1.165) is 41.4 Å². The standard InChI is InChI=1S/C21H27ClN4O3S/c1-13-17(10-12-27)30-21(23-13)18(16-5-3-4-11-26(16)2)25-20(29)19(28)24-15-8-6-14(22)7-9-15/h6-9,16,18,27H,3-5,10-12H2,1-2H3,(H,24,28)(H,25,29). The van der Waals surface area contributed by atoms with E-state index >= 15 is 0 Å². The van der Waals surface area contributed by atoms with Crippen molar-refractivity contribution in [1.82, 2.24) is 15.2 Å². The number of anilines is 1. The van der Waals surface area contributed by atoms with E-state index in [2.05, 4.69) is 20.5 Å². The van der Waals surface area contributed by atoms with E-state index in [-0.39, 0.29) is 12.6 Å². The van der Waals surface area contributed by atoms with Gasteiger partial charge in [0.05, 0.1) is 11.7 Å².